The van der Waals surface area contributed by atoms with Crippen molar-refractivity contribution in [1.29, 1.82) is 5.41 Å². The Labute approximate surface area is 267 Å². The van der Waals surface area contributed by atoms with Crippen LogP contribution in [0.4, 0.5) is 32.3 Å². The molecule has 2 fully saturated rings. The van der Waals surface area contributed by atoms with E-state index in [1.165, 1.54) is 9.48 Å². The molecule has 0 spiro atoms. The van der Waals surface area contributed by atoms with Gasteiger partial charge in [-0.2, -0.15) is 26.3 Å². The highest BCUT2D eigenvalue weighted by Crippen LogP contribution is 2.29. The Morgan fingerprint density at radius 2 is 1.38 bits per heavy atom. The van der Waals surface area contributed by atoms with Crippen molar-refractivity contribution in [2.75, 3.05) is 59.3 Å². The molecule has 0 bridgehead atoms. The van der Waals surface area contributed by atoms with Gasteiger partial charge in [-0.1, -0.05) is 0 Å². The predicted molar refractivity (Wildman–Crippen MR) is 165 cm³/mol. The molecule has 1 aromatic heterocycles. The Bertz CT molecular complexity index is 1060. The van der Waals surface area contributed by atoms with Crippen molar-refractivity contribution in [3.05, 3.63) is 29.7 Å². The molecular formula is C28H48ClF6N8O2+. The lowest BCUT2D eigenvalue weighted by molar-refractivity contribution is -0.459. The number of nitrogens with two attached hydrogens (primary N) is 1. The Morgan fingerprint density at radius 1 is 0.956 bits per heavy atom. The fourth-order valence-electron chi connectivity index (χ4n) is 4.57. The molecule has 0 aromatic carbocycles. The molecule has 10 nitrogen and oxygen atoms in total. The summed E-state index contributed by atoms with van der Waals surface area (Å²) in [5, 5.41) is 26.0. The van der Waals surface area contributed by atoms with Crippen molar-refractivity contribution < 1.29 is 41.1 Å². The number of halogens is 7. The number of hydrogen-bond acceptors (Lipinski definition) is 7. The van der Waals surface area contributed by atoms with Gasteiger partial charge in [-0.15, -0.1) is 12.4 Å². The summed E-state index contributed by atoms with van der Waals surface area (Å²) in [7, 11) is 6.20. The summed E-state index contributed by atoms with van der Waals surface area (Å²) in [6, 6.07) is 0. The van der Waals surface area contributed by atoms with Gasteiger partial charge in [0.2, 0.25) is 5.95 Å². The number of aromatic nitrogens is 2. The van der Waals surface area contributed by atoms with Crippen LogP contribution in [0.5, 0.6) is 0 Å². The molecule has 2 aliphatic heterocycles. The number of likely N-dealkylation sites (tertiary alicyclic amines) is 1. The average molecular weight is 678 g/mol. The van der Waals surface area contributed by atoms with Crippen LogP contribution in [0.3, 0.4) is 0 Å². The van der Waals surface area contributed by atoms with E-state index in [2.05, 4.69) is 9.97 Å². The second-order valence-electron chi connectivity index (χ2n) is 11.4. The lowest BCUT2D eigenvalue weighted by Gasteiger charge is -2.33. The molecule has 0 amide bonds. The molecular weight excluding hydrogens is 630 g/mol. The highest BCUT2D eigenvalue weighted by Gasteiger charge is 2.35. The maximum atomic E-state index is 12.4. The summed E-state index contributed by atoms with van der Waals surface area (Å²) >= 11 is 0. The van der Waals surface area contributed by atoms with Crippen molar-refractivity contribution in [1.82, 2.24) is 19.8 Å². The molecule has 5 N–H and O–H groups in total. The van der Waals surface area contributed by atoms with Crippen LogP contribution in [-0.2, 0) is 6.18 Å². The van der Waals surface area contributed by atoms with Crippen LogP contribution >= 0.6 is 12.4 Å². The number of allylic oxidation sites excluding steroid dienone is 1. The summed E-state index contributed by atoms with van der Waals surface area (Å²) < 4.78 is 75.4. The molecule has 45 heavy (non-hydrogen) atoms. The van der Waals surface area contributed by atoms with Crippen molar-refractivity contribution in [2.45, 2.75) is 64.1 Å². The topological polar surface area (TPSA) is 129 Å². The third kappa shape index (κ3) is 15.8. The van der Waals surface area contributed by atoms with Crippen LogP contribution < -0.4 is 10.6 Å². The fraction of sp³-hybridized carbons (Fsp3) is 0.714. The number of aliphatic hydroxyl groups excluding tert-OH is 2. The maximum Gasteiger partial charge on any atom is 0.423 e. The van der Waals surface area contributed by atoms with Crippen LogP contribution in [0.2, 0.25) is 0 Å². The number of rotatable bonds is 5. The number of aliphatic hydroxyl groups is 2. The van der Waals surface area contributed by atoms with Crippen molar-refractivity contribution in [3.8, 4) is 0 Å². The Hall–Kier alpha value is -2.85. The zero-order valence-electron chi connectivity index (χ0n) is 26.6. The third-order valence-electron chi connectivity index (χ3n) is 7.15. The summed E-state index contributed by atoms with van der Waals surface area (Å²) in [6.07, 6.45) is -2.10. The molecule has 3 heterocycles. The molecule has 0 radical (unpaired) electrons. The first-order valence-corrected chi connectivity index (χ1v) is 14.3. The third-order valence-corrected chi connectivity index (χ3v) is 7.15. The number of nitrogens with one attached hydrogen (secondary N) is 1. The molecule has 0 aliphatic carbocycles. The summed E-state index contributed by atoms with van der Waals surface area (Å²) in [4.78, 5) is 12.6. The number of alkyl halides is 6. The number of anilines is 1. The second-order valence-corrected chi connectivity index (χ2v) is 11.4. The maximum absolute atomic E-state index is 12.4. The fourth-order valence-corrected chi connectivity index (χ4v) is 4.57. The number of nitrogens with zero attached hydrogens (tertiary/aromatic N) is 6. The van der Waals surface area contributed by atoms with Gasteiger partial charge >= 0.3 is 12.4 Å². The molecule has 0 saturated carbocycles. The van der Waals surface area contributed by atoms with Crippen LogP contribution in [0, 0.1) is 17.2 Å². The van der Waals surface area contributed by atoms with E-state index in [1.54, 1.807) is 35.1 Å². The number of piperidine rings is 2. The largest absolute Gasteiger partial charge is 0.423 e. The predicted octanol–water partition coefficient (Wildman–Crippen LogP) is 3.82. The second kappa shape index (κ2) is 19.0. The smallest absolute Gasteiger partial charge is 0.393 e. The summed E-state index contributed by atoms with van der Waals surface area (Å²) in [6.45, 7) is 6.51. The van der Waals surface area contributed by atoms with E-state index < -0.39 is 23.5 Å². The Morgan fingerprint density at radius 3 is 1.69 bits per heavy atom. The van der Waals surface area contributed by atoms with Gasteiger partial charge in [-0.25, -0.2) is 14.5 Å². The SMILES string of the molecule is CC(O)C1CCN(C(=N)N)CC1.CC(O)C1CCN(c2ncc(C(F)(F)F)cn2)CC1.CN(C)/C=C(/C=[N+](C)C)C(F)(F)F.Cl. The number of guanidine groups is 1. The van der Waals surface area contributed by atoms with Crippen LogP contribution in [-0.4, -0.2) is 119 Å². The normalized spacial score (nSPS) is 17.9. The standard InChI is InChI=1S/C12H16F3N3O.C8H14F3N2.C8H17N3O.ClH/c1-8(19)9-2-4-18(5-3-9)11-16-6-10(7-17-11)12(13,14)15;1-12(2)5-7(6-13(3)4)8(9,10)11;1-6(12)7-2-4-11(5-3-7)8(9)10;/h6-9,19H,2-5H2,1H3;5-6H,1-4H3;6-7,12H,2-5H2,1H3,(H3,9,10);1H/q;+1;;. The average Bonchev–Trinajstić information content (AvgIpc) is 2.92. The minimum atomic E-state index is -4.40. The van der Waals surface area contributed by atoms with E-state index in [0.29, 0.717) is 25.0 Å². The monoisotopic (exact) mass is 677 g/mol. The van der Waals surface area contributed by atoms with Gasteiger partial charge in [0, 0.05) is 58.9 Å². The molecule has 2 unspecified atom stereocenters. The van der Waals surface area contributed by atoms with Gasteiger partial charge in [0.25, 0.3) is 0 Å². The number of hydrogen-bond donors (Lipinski definition) is 4. The van der Waals surface area contributed by atoms with Crippen LogP contribution in [0.25, 0.3) is 0 Å². The van der Waals surface area contributed by atoms with Gasteiger partial charge in [0.1, 0.15) is 19.7 Å². The van der Waals surface area contributed by atoms with Gasteiger partial charge in [-0.05, 0) is 51.4 Å². The first kappa shape index (κ1) is 42.1. The lowest BCUT2D eigenvalue weighted by Crippen LogP contribution is -2.43. The summed E-state index contributed by atoms with van der Waals surface area (Å²) in [5.41, 5.74) is 3.83. The van der Waals surface area contributed by atoms with Gasteiger partial charge in [-0.3, -0.25) is 5.41 Å². The van der Waals surface area contributed by atoms with Gasteiger partial charge in [0.05, 0.1) is 17.8 Å². The lowest BCUT2D eigenvalue weighted by atomic mass is 9.92. The van der Waals surface area contributed by atoms with Gasteiger partial charge < -0.3 is 30.6 Å². The highest BCUT2D eigenvalue weighted by molar-refractivity contribution is 5.85. The zero-order valence-corrected chi connectivity index (χ0v) is 27.4. The first-order chi connectivity index (χ1) is 20.2. The quantitative estimate of drug-likeness (QED) is 0.160. The van der Waals surface area contributed by atoms with E-state index in [-0.39, 0.29) is 36.5 Å². The summed E-state index contributed by atoms with van der Waals surface area (Å²) in [5.74, 6) is 1.10. The Kier molecular flexibility index (Phi) is 17.8. The van der Waals surface area contributed by atoms with Crippen LogP contribution in [0.1, 0.15) is 45.1 Å². The minimum absolute atomic E-state index is 0. The first-order valence-electron chi connectivity index (χ1n) is 14.3. The molecule has 17 heteroatoms. The van der Waals surface area contributed by atoms with E-state index in [0.717, 1.165) is 63.6 Å². The molecule has 2 saturated heterocycles. The molecule has 2 atom stereocenters. The molecule has 3 rings (SSSR count). The highest BCUT2D eigenvalue weighted by atomic mass is 35.5. The Balaban J connectivity index is 0.000000663. The van der Waals surface area contributed by atoms with E-state index in [9.17, 15) is 36.6 Å². The van der Waals surface area contributed by atoms with Crippen molar-refractivity contribution in [2.24, 2.45) is 17.6 Å². The molecule has 2 aliphatic rings. The van der Waals surface area contributed by atoms with Crippen LogP contribution in [0.15, 0.2) is 24.2 Å². The van der Waals surface area contributed by atoms with E-state index in [1.807, 2.05) is 16.7 Å². The zero-order chi connectivity index (χ0) is 33.8. The minimum Gasteiger partial charge on any atom is -0.393 e. The molecule has 1 aromatic rings. The van der Waals surface area contributed by atoms with E-state index in [4.69, 9.17) is 11.1 Å². The van der Waals surface area contributed by atoms with Crippen molar-refractivity contribution >= 4 is 30.5 Å². The van der Waals surface area contributed by atoms with Crippen molar-refractivity contribution in [3.63, 3.8) is 0 Å². The van der Waals surface area contributed by atoms with E-state index >= 15 is 0 Å². The molecule has 260 valence electrons. The van der Waals surface area contributed by atoms with Gasteiger partial charge in [0.15, 0.2) is 12.2 Å².